The molecule has 34 heavy (non-hydrogen) atoms. The van der Waals surface area contributed by atoms with E-state index in [0.717, 1.165) is 16.3 Å². The van der Waals surface area contributed by atoms with Crippen molar-refractivity contribution in [3.8, 4) is 11.5 Å². The second-order valence-electron chi connectivity index (χ2n) is 7.69. The number of fused-ring (bicyclic) bond motifs is 1. The molecule has 7 heteroatoms. The molecule has 172 valence electrons. The molecule has 0 spiro atoms. The van der Waals surface area contributed by atoms with Gasteiger partial charge in [-0.05, 0) is 53.1 Å². The van der Waals surface area contributed by atoms with E-state index < -0.39 is 5.91 Å². The Hall–Kier alpha value is -3.54. The fraction of sp³-hybridized carbons (Fsp3) is 0.111. The SMILES string of the molecule is COc1cc2ccccc2cc1C(=O)N/N=C\c1cc(Cl)c(OCc2ccc(C)cc2)c(Cl)c1. The molecule has 1 N–H and O–H groups in total. The highest BCUT2D eigenvalue weighted by atomic mass is 35.5. The van der Waals surface area contributed by atoms with Gasteiger partial charge >= 0.3 is 0 Å². The first-order valence-corrected chi connectivity index (χ1v) is 11.3. The molecule has 0 aliphatic rings. The lowest BCUT2D eigenvalue weighted by Crippen LogP contribution is -2.18. The third-order valence-corrected chi connectivity index (χ3v) is 5.78. The van der Waals surface area contributed by atoms with Crippen molar-refractivity contribution in [2.75, 3.05) is 7.11 Å². The van der Waals surface area contributed by atoms with Crippen molar-refractivity contribution in [1.82, 2.24) is 5.43 Å². The number of amides is 1. The van der Waals surface area contributed by atoms with E-state index in [9.17, 15) is 4.79 Å². The van der Waals surface area contributed by atoms with Crippen LogP contribution in [-0.4, -0.2) is 19.2 Å². The minimum atomic E-state index is -0.394. The van der Waals surface area contributed by atoms with Crippen LogP contribution in [0.3, 0.4) is 0 Å². The van der Waals surface area contributed by atoms with Gasteiger partial charge in [0, 0.05) is 0 Å². The Morgan fingerprint density at radius 3 is 2.26 bits per heavy atom. The van der Waals surface area contributed by atoms with Gasteiger partial charge in [0.25, 0.3) is 5.91 Å². The Balaban J connectivity index is 1.45. The molecule has 4 aromatic rings. The lowest BCUT2D eigenvalue weighted by atomic mass is 10.1. The number of methoxy groups -OCH3 is 1. The summed E-state index contributed by atoms with van der Waals surface area (Å²) in [5.41, 5.74) is 5.71. The Morgan fingerprint density at radius 1 is 0.971 bits per heavy atom. The van der Waals surface area contributed by atoms with Gasteiger partial charge in [-0.3, -0.25) is 4.79 Å². The summed E-state index contributed by atoms with van der Waals surface area (Å²) in [5, 5.41) is 6.66. The molecule has 0 aliphatic carbocycles. The zero-order valence-electron chi connectivity index (χ0n) is 18.6. The van der Waals surface area contributed by atoms with Crippen LogP contribution in [0.1, 0.15) is 27.0 Å². The summed E-state index contributed by atoms with van der Waals surface area (Å²) in [6.45, 7) is 2.37. The van der Waals surface area contributed by atoms with Crippen LogP contribution < -0.4 is 14.9 Å². The van der Waals surface area contributed by atoms with Crippen LogP contribution in [0.4, 0.5) is 0 Å². The monoisotopic (exact) mass is 492 g/mol. The maximum Gasteiger partial charge on any atom is 0.275 e. The van der Waals surface area contributed by atoms with Crippen LogP contribution in [-0.2, 0) is 6.61 Å². The number of hydrazone groups is 1. The summed E-state index contributed by atoms with van der Waals surface area (Å²) in [4.78, 5) is 12.7. The molecule has 0 aromatic heterocycles. The first kappa shape index (κ1) is 23.6. The van der Waals surface area contributed by atoms with Gasteiger partial charge in [0.15, 0.2) is 5.75 Å². The third-order valence-electron chi connectivity index (χ3n) is 5.22. The van der Waals surface area contributed by atoms with Crippen LogP contribution in [0.5, 0.6) is 11.5 Å². The number of carbonyl (C=O) groups is 1. The fourth-order valence-electron chi connectivity index (χ4n) is 3.42. The summed E-state index contributed by atoms with van der Waals surface area (Å²) >= 11 is 12.8. The van der Waals surface area contributed by atoms with E-state index in [-0.39, 0.29) is 0 Å². The molecule has 0 unspecified atom stereocenters. The van der Waals surface area contributed by atoms with Gasteiger partial charge in [0.05, 0.1) is 28.9 Å². The van der Waals surface area contributed by atoms with Crippen molar-refractivity contribution in [2.24, 2.45) is 5.10 Å². The Kier molecular flexibility index (Phi) is 7.36. The first-order valence-electron chi connectivity index (χ1n) is 10.5. The van der Waals surface area contributed by atoms with Crippen LogP contribution in [0.25, 0.3) is 10.8 Å². The van der Waals surface area contributed by atoms with Gasteiger partial charge in [-0.1, -0.05) is 77.3 Å². The number of nitrogens with zero attached hydrogens (tertiary/aromatic N) is 1. The van der Waals surface area contributed by atoms with Crippen LogP contribution >= 0.6 is 23.2 Å². The lowest BCUT2D eigenvalue weighted by Gasteiger charge is -2.11. The van der Waals surface area contributed by atoms with E-state index in [4.69, 9.17) is 32.7 Å². The van der Waals surface area contributed by atoms with Crippen molar-refractivity contribution >= 4 is 46.1 Å². The third kappa shape index (κ3) is 5.50. The smallest absolute Gasteiger partial charge is 0.275 e. The zero-order chi connectivity index (χ0) is 24.1. The van der Waals surface area contributed by atoms with Gasteiger partial charge in [-0.15, -0.1) is 0 Å². The maximum atomic E-state index is 12.7. The molecule has 4 rings (SSSR count). The number of hydrogen-bond donors (Lipinski definition) is 1. The molecule has 0 radical (unpaired) electrons. The van der Waals surface area contributed by atoms with E-state index in [0.29, 0.717) is 39.3 Å². The Morgan fingerprint density at radius 2 is 1.62 bits per heavy atom. The average Bonchev–Trinajstić information content (AvgIpc) is 2.83. The number of ether oxygens (including phenoxy) is 2. The molecular weight excluding hydrogens is 471 g/mol. The van der Waals surface area contributed by atoms with Gasteiger partial charge in [-0.25, -0.2) is 5.43 Å². The molecule has 0 saturated carbocycles. The van der Waals surface area contributed by atoms with Gasteiger partial charge in [0.2, 0.25) is 0 Å². The highest BCUT2D eigenvalue weighted by Gasteiger charge is 2.14. The molecule has 5 nitrogen and oxygen atoms in total. The van der Waals surface area contributed by atoms with Crippen LogP contribution in [0.2, 0.25) is 10.0 Å². The Bertz CT molecular complexity index is 1350. The predicted octanol–water partition coefficient (Wildman–Crippen LogP) is 6.81. The number of hydrogen-bond acceptors (Lipinski definition) is 4. The molecule has 0 aliphatic heterocycles. The van der Waals surface area contributed by atoms with Crippen LogP contribution in [0.15, 0.2) is 77.9 Å². The first-order chi connectivity index (χ1) is 16.4. The summed E-state index contributed by atoms with van der Waals surface area (Å²) in [5.74, 6) is 0.465. The molecular formula is C27H22Cl2N2O3. The highest BCUT2D eigenvalue weighted by molar-refractivity contribution is 6.37. The van der Waals surface area contributed by atoms with Gasteiger partial charge in [-0.2, -0.15) is 5.10 Å². The van der Waals surface area contributed by atoms with E-state index in [2.05, 4.69) is 10.5 Å². The standard InChI is InChI=1S/C27H22Cl2N2O3/c1-17-7-9-18(10-8-17)16-34-26-23(28)11-19(12-24(26)29)15-30-31-27(32)22-13-20-5-3-4-6-21(20)14-25(22)33-2/h3-15H,16H2,1-2H3,(H,31,32)/b30-15-. The summed E-state index contributed by atoms with van der Waals surface area (Å²) < 4.78 is 11.2. The minimum absolute atomic E-state index is 0.344. The minimum Gasteiger partial charge on any atom is -0.496 e. The molecule has 0 fully saturated rings. The van der Waals surface area contributed by atoms with Crippen molar-refractivity contribution < 1.29 is 14.3 Å². The van der Waals surface area contributed by atoms with Gasteiger partial charge in [0.1, 0.15) is 12.4 Å². The molecule has 4 aromatic carbocycles. The summed E-state index contributed by atoms with van der Waals surface area (Å²) in [6, 6.07) is 22.7. The van der Waals surface area contributed by atoms with Crippen molar-refractivity contribution in [3.63, 3.8) is 0 Å². The van der Waals surface area contributed by atoms with E-state index >= 15 is 0 Å². The molecule has 1 amide bonds. The number of carbonyl (C=O) groups excluding carboxylic acids is 1. The average molecular weight is 493 g/mol. The van der Waals surface area contributed by atoms with E-state index in [1.165, 1.54) is 18.9 Å². The number of halogens is 2. The number of aryl methyl sites for hydroxylation is 1. The number of nitrogens with one attached hydrogen (secondary N) is 1. The largest absolute Gasteiger partial charge is 0.496 e. The normalized spacial score (nSPS) is 11.1. The lowest BCUT2D eigenvalue weighted by molar-refractivity contribution is 0.0952. The quantitative estimate of drug-likeness (QED) is 0.227. The number of benzene rings is 4. The summed E-state index contributed by atoms with van der Waals surface area (Å²) in [7, 11) is 1.52. The number of rotatable bonds is 7. The van der Waals surface area contributed by atoms with Crippen molar-refractivity contribution in [3.05, 3.63) is 105 Å². The predicted molar refractivity (Wildman–Crippen MR) is 138 cm³/mol. The van der Waals surface area contributed by atoms with Crippen LogP contribution in [0, 0.1) is 6.92 Å². The summed E-state index contributed by atoms with van der Waals surface area (Å²) in [6.07, 6.45) is 1.47. The molecule has 0 bridgehead atoms. The molecule has 0 atom stereocenters. The highest BCUT2D eigenvalue weighted by Crippen LogP contribution is 2.34. The Labute approximate surface area is 207 Å². The molecule has 0 saturated heterocycles. The van der Waals surface area contributed by atoms with E-state index in [1.54, 1.807) is 18.2 Å². The second-order valence-corrected chi connectivity index (χ2v) is 8.50. The fourth-order valence-corrected chi connectivity index (χ4v) is 4.04. The van der Waals surface area contributed by atoms with Crippen molar-refractivity contribution in [2.45, 2.75) is 13.5 Å². The zero-order valence-corrected chi connectivity index (χ0v) is 20.2. The van der Waals surface area contributed by atoms with Crippen molar-refractivity contribution in [1.29, 1.82) is 0 Å². The maximum absolute atomic E-state index is 12.7. The second kappa shape index (κ2) is 10.6. The van der Waals surface area contributed by atoms with E-state index in [1.807, 2.05) is 61.5 Å². The topological polar surface area (TPSA) is 59.9 Å². The van der Waals surface area contributed by atoms with Gasteiger partial charge < -0.3 is 9.47 Å². The molecule has 0 heterocycles.